The van der Waals surface area contributed by atoms with E-state index in [0.29, 0.717) is 0 Å². The number of carbonyl (C=O) groups excluding carboxylic acids is 1. The van der Waals surface area contributed by atoms with Crippen LogP contribution < -0.4 is 10.5 Å². The number of imidazole rings is 1. The van der Waals surface area contributed by atoms with Crippen LogP contribution in [0.4, 0.5) is 0 Å². The average molecular weight is 169 g/mol. The van der Waals surface area contributed by atoms with Crippen molar-refractivity contribution in [1.82, 2.24) is 9.97 Å². The molecule has 1 amide bonds. The molecule has 0 aliphatic heterocycles. The van der Waals surface area contributed by atoms with Crippen molar-refractivity contribution in [2.45, 2.75) is 20.0 Å². The lowest BCUT2D eigenvalue weighted by atomic mass is 10.4. The van der Waals surface area contributed by atoms with Crippen LogP contribution in [0.1, 0.15) is 24.3 Å². The van der Waals surface area contributed by atoms with E-state index in [-0.39, 0.29) is 17.7 Å². The number of hydrogen-bond acceptors (Lipinski definition) is 3. The van der Waals surface area contributed by atoms with Gasteiger partial charge in [0.2, 0.25) is 5.88 Å². The van der Waals surface area contributed by atoms with E-state index in [9.17, 15) is 4.79 Å². The van der Waals surface area contributed by atoms with E-state index in [1.165, 1.54) is 6.33 Å². The molecule has 0 aliphatic carbocycles. The van der Waals surface area contributed by atoms with Gasteiger partial charge in [0.15, 0.2) is 5.69 Å². The summed E-state index contributed by atoms with van der Waals surface area (Å²) in [6.07, 6.45) is 1.35. The standard InChI is InChI=1S/C7H11N3O2/c1-4(2)12-7-5(6(8)11)9-3-10-7/h3-4H,1-2H3,(H2,8,11)(H,9,10). The number of aromatic amines is 1. The fourth-order valence-electron chi connectivity index (χ4n) is 0.771. The quantitative estimate of drug-likeness (QED) is 0.682. The van der Waals surface area contributed by atoms with Crippen molar-refractivity contribution in [2.75, 3.05) is 0 Å². The van der Waals surface area contributed by atoms with Gasteiger partial charge in [-0.25, -0.2) is 4.98 Å². The molecule has 0 saturated heterocycles. The summed E-state index contributed by atoms with van der Waals surface area (Å²) in [4.78, 5) is 17.1. The number of nitrogens with two attached hydrogens (primary N) is 1. The fraction of sp³-hybridized carbons (Fsp3) is 0.429. The van der Waals surface area contributed by atoms with Gasteiger partial charge in [-0.3, -0.25) is 4.79 Å². The maximum atomic E-state index is 10.7. The zero-order valence-corrected chi connectivity index (χ0v) is 7.00. The summed E-state index contributed by atoms with van der Waals surface area (Å²) in [6, 6.07) is 0. The van der Waals surface area contributed by atoms with Crippen LogP contribution in [0.25, 0.3) is 0 Å². The molecule has 0 spiro atoms. The van der Waals surface area contributed by atoms with Crippen LogP contribution in [-0.4, -0.2) is 22.0 Å². The van der Waals surface area contributed by atoms with E-state index in [0.717, 1.165) is 0 Å². The maximum Gasteiger partial charge on any atom is 0.270 e. The van der Waals surface area contributed by atoms with Crippen LogP contribution in [0.15, 0.2) is 6.33 Å². The van der Waals surface area contributed by atoms with Crippen LogP contribution in [-0.2, 0) is 0 Å². The Balaban J connectivity index is 2.84. The van der Waals surface area contributed by atoms with Crippen molar-refractivity contribution in [1.29, 1.82) is 0 Å². The van der Waals surface area contributed by atoms with E-state index in [1.54, 1.807) is 0 Å². The summed E-state index contributed by atoms with van der Waals surface area (Å²) < 4.78 is 5.20. The number of ether oxygens (including phenoxy) is 1. The van der Waals surface area contributed by atoms with Gasteiger partial charge in [0.25, 0.3) is 5.91 Å². The lowest BCUT2D eigenvalue weighted by Crippen LogP contribution is -2.15. The molecule has 1 heterocycles. The molecule has 0 aliphatic rings. The van der Waals surface area contributed by atoms with Crippen LogP contribution in [0.2, 0.25) is 0 Å². The van der Waals surface area contributed by atoms with Crippen LogP contribution in [0.5, 0.6) is 5.88 Å². The van der Waals surface area contributed by atoms with Gasteiger partial charge in [0.1, 0.15) is 0 Å². The molecule has 5 heteroatoms. The molecular formula is C7H11N3O2. The van der Waals surface area contributed by atoms with Crippen LogP contribution in [0.3, 0.4) is 0 Å². The summed E-state index contributed by atoms with van der Waals surface area (Å²) in [6.45, 7) is 3.69. The molecule has 3 N–H and O–H groups in total. The minimum absolute atomic E-state index is 0.0219. The first-order valence-electron chi connectivity index (χ1n) is 3.61. The van der Waals surface area contributed by atoms with Crippen molar-refractivity contribution >= 4 is 5.91 Å². The smallest absolute Gasteiger partial charge is 0.270 e. The first kappa shape index (κ1) is 8.58. The molecule has 0 saturated carbocycles. The van der Waals surface area contributed by atoms with E-state index in [4.69, 9.17) is 10.5 Å². The molecule has 0 radical (unpaired) electrons. The highest BCUT2D eigenvalue weighted by Gasteiger charge is 2.12. The fourth-order valence-corrected chi connectivity index (χ4v) is 0.771. The summed E-state index contributed by atoms with van der Waals surface area (Å²) in [5.41, 5.74) is 5.26. The van der Waals surface area contributed by atoms with E-state index in [2.05, 4.69) is 9.97 Å². The van der Waals surface area contributed by atoms with Crippen molar-refractivity contribution in [3.63, 3.8) is 0 Å². The monoisotopic (exact) mass is 169 g/mol. The second kappa shape index (κ2) is 3.25. The minimum atomic E-state index is -0.567. The lowest BCUT2D eigenvalue weighted by molar-refractivity contribution is 0.0989. The number of H-pyrrole nitrogens is 1. The van der Waals surface area contributed by atoms with Gasteiger partial charge in [-0.05, 0) is 13.8 Å². The molecule has 0 aromatic carbocycles. The Morgan fingerprint density at radius 3 is 2.92 bits per heavy atom. The van der Waals surface area contributed by atoms with E-state index < -0.39 is 5.91 Å². The van der Waals surface area contributed by atoms with Crippen LogP contribution >= 0.6 is 0 Å². The highest BCUT2D eigenvalue weighted by Crippen LogP contribution is 2.12. The number of carbonyl (C=O) groups is 1. The van der Waals surface area contributed by atoms with Gasteiger partial charge in [-0.2, -0.15) is 0 Å². The predicted octanol–water partition coefficient (Wildman–Crippen LogP) is 0.296. The number of primary amides is 1. The Hall–Kier alpha value is -1.52. The average Bonchev–Trinajstić information content (AvgIpc) is 2.33. The largest absolute Gasteiger partial charge is 0.473 e. The topological polar surface area (TPSA) is 81.0 Å². The normalized spacial score (nSPS) is 10.2. The third-order valence-corrected chi connectivity index (χ3v) is 1.20. The lowest BCUT2D eigenvalue weighted by Gasteiger charge is -2.06. The van der Waals surface area contributed by atoms with Gasteiger partial charge in [0, 0.05) is 0 Å². The molecule has 66 valence electrons. The molecule has 0 bridgehead atoms. The number of nitrogens with zero attached hydrogens (tertiary/aromatic N) is 1. The summed E-state index contributed by atoms with van der Waals surface area (Å²) >= 11 is 0. The number of hydrogen-bond donors (Lipinski definition) is 2. The molecular weight excluding hydrogens is 158 g/mol. The predicted molar refractivity (Wildman–Crippen MR) is 42.9 cm³/mol. The maximum absolute atomic E-state index is 10.7. The Kier molecular flexibility index (Phi) is 2.32. The van der Waals surface area contributed by atoms with Gasteiger partial charge >= 0.3 is 0 Å². The molecule has 1 rings (SSSR count). The molecule has 0 unspecified atom stereocenters. The minimum Gasteiger partial charge on any atom is -0.473 e. The Labute approximate surface area is 69.9 Å². The zero-order chi connectivity index (χ0) is 9.14. The molecule has 5 nitrogen and oxygen atoms in total. The first-order valence-corrected chi connectivity index (χ1v) is 3.61. The van der Waals surface area contributed by atoms with Crippen molar-refractivity contribution in [2.24, 2.45) is 5.73 Å². The number of aromatic nitrogens is 2. The van der Waals surface area contributed by atoms with E-state index in [1.807, 2.05) is 13.8 Å². The van der Waals surface area contributed by atoms with Crippen molar-refractivity contribution in [3.8, 4) is 5.88 Å². The highest BCUT2D eigenvalue weighted by atomic mass is 16.5. The molecule has 12 heavy (non-hydrogen) atoms. The van der Waals surface area contributed by atoms with Crippen molar-refractivity contribution in [3.05, 3.63) is 12.0 Å². The van der Waals surface area contributed by atoms with Gasteiger partial charge in [-0.15, -0.1) is 0 Å². The van der Waals surface area contributed by atoms with Crippen LogP contribution in [0, 0.1) is 0 Å². The number of amides is 1. The Morgan fingerprint density at radius 2 is 2.42 bits per heavy atom. The Bertz CT molecular complexity index is 280. The molecule has 1 aromatic rings. The second-order valence-electron chi connectivity index (χ2n) is 2.61. The van der Waals surface area contributed by atoms with Gasteiger partial charge < -0.3 is 15.5 Å². The third-order valence-electron chi connectivity index (χ3n) is 1.20. The third kappa shape index (κ3) is 1.75. The van der Waals surface area contributed by atoms with Gasteiger partial charge in [0.05, 0.1) is 12.4 Å². The first-order chi connectivity index (χ1) is 5.61. The molecule has 0 atom stereocenters. The van der Waals surface area contributed by atoms with Crippen molar-refractivity contribution < 1.29 is 9.53 Å². The Morgan fingerprint density at radius 1 is 1.75 bits per heavy atom. The molecule has 0 fully saturated rings. The SMILES string of the molecule is CC(C)Oc1nc[nH]c1C(N)=O. The number of rotatable bonds is 3. The molecule has 1 aromatic heterocycles. The second-order valence-corrected chi connectivity index (χ2v) is 2.61. The summed E-state index contributed by atoms with van der Waals surface area (Å²) in [5, 5.41) is 0. The number of nitrogens with one attached hydrogen (secondary N) is 1. The zero-order valence-electron chi connectivity index (χ0n) is 7.00. The van der Waals surface area contributed by atoms with Gasteiger partial charge in [-0.1, -0.05) is 0 Å². The highest BCUT2D eigenvalue weighted by molar-refractivity contribution is 5.92. The summed E-state index contributed by atoms with van der Waals surface area (Å²) in [5.74, 6) is -0.305. The summed E-state index contributed by atoms with van der Waals surface area (Å²) in [7, 11) is 0. The van der Waals surface area contributed by atoms with E-state index >= 15 is 0 Å².